The second-order valence-electron chi connectivity index (χ2n) is 6.35. The zero-order valence-electron chi connectivity index (χ0n) is 14.7. The zero-order chi connectivity index (χ0) is 18.6. The van der Waals surface area contributed by atoms with E-state index in [-0.39, 0.29) is 5.91 Å². The van der Waals surface area contributed by atoms with Crippen LogP contribution in [0.4, 0.5) is 0 Å². The third kappa shape index (κ3) is 4.12. The molecule has 3 aromatic rings. The molecule has 0 spiro atoms. The lowest BCUT2D eigenvalue weighted by molar-refractivity contribution is 0.0953. The Morgan fingerprint density at radius 3 is 2.96 bits per heavy atom. The summed E-state index contributed by atoms with van der Waals surface area (Å²) >= 11 is 6.10. The number of rotatable bonds is 5. The third-order valence-electron chi connectivity index (χ3n) is 4.44. The Labute approximate surface area is 167 Å². The summed E-state index contributed by atoms with van der Waals surface area (Å²) in [6.07, 6.45) is 6.29. The Morgan fingerprint density at radius 2 is 2.11 bits per heavy atom. The Balaban J connectivity index is 1.38. The van der Waals surface area contributed by atoms with Crippen molar-refractivity contribution in [2.24, 2.45) is 0 Å². The maximum atomic E-state index is 12.4. The summed E-state index contributed by atoms with van der Waals surface area (Å²) in [4.78, 5) is 22.5. The van der Waals surface area contributed by atoms with Crippen molar-refractivity contribution in [3.63, 3.8) is 0 Å². The van der Waals surface area contributed by atoms with Crippen molar-refractivity contribution < 1.29 is 4.79 Å². The largest absolute Gasteiger partial charge is 0.352 e. The van der Waals surface area contributed by atoms with Crippen LogP contribution in [0, 0.1) is 0 Å². The molecule has 136 valence electrons. The number of hydrogen-bond donors (Lipinski definition) is 2. The number of aromatic nitrogens is 2. The van der Waals surface area contributed by atoms with Crippen molar-refractivity contribution >= 4 is 40.9 Å². The van der Waals surface area contributed by atoms with Crippen molar-refractivity contribution in [3.05, 3.63) is 69.1 Å². The van der Waals surface area contributed by atoms with E-state index in [1.807, 2.05) is 36.4 Å². The Bertz CT molecular complexity index is 1090. The lowest BCUT2D eigenvalue weighted by atomic mass is 10.1. The molecule has 2 aromatic heterocycles. The molecule has 27 heavy (non-hydrogen) atoms. The second-order valence-corrected chi connectivity index (χ2v) is 7.83. The van der Waals surface area contributed by atoms with Crippen LogP contribution in [0.25, 0.3) is 22.2 Å². The first-order valence-corrected chi connectivity index (χ1v) is 10.2. The Morgan fingerprint density at radius 1 is 1.26 bits per heavy atom. The van der Waals surface area contributed by atoms with E-state index in [9.17, 15) is 4.79 Å². The van der Waals surface area contributed by atoms with Crippen molar-refractivity contribution in [1.29, 1.82) is 0 Å². The van der Waals surface area contributed by atoms with Crippen molar-refractivity contribution in [2.75, 3.05) is 6.54 Å². The van der Waals surface area contributed by atoms with Crippen LogP contribution in [-0.4, -0.2) is 22.4 Å². The monoisotopic (exact) mass is 393 g/mol. The molecule has 0 atom stereocenters. The maximum Gasteiger partial charge on any atom is 0.252 e. The summed E-state index contributed by atoms with van der Waals surface area (Å²) in [5, 5.41) is 7.91. The molecule has 2 heterocycles. The van der Waals surface area contributed by atoms with Crippen LogP contribution >= 0.6 is 24.0 Å². The van der Waals surface area contributed by atoms with Crippen LogP contribution in [0.3, 0.4) is 0 Å². The van der Waals surface area contributed by atoms with Gasteiger partial charge in [-0.05, 0) is 24.1 Å². The van der Waals surface area contributed by atoms with Crippen molar-refractivity contribution in [2.45, 2.75) is 19.3 Å². The van der Waals surface area contributed by atoms with E-state index >= 15 is 0 Å². The number of thiazole rings is 1. The number of pyridine rings is 1. The molecule has 0 saturated heterocycles. The van der Waals surface area contributed by atoms with E-state index in [4.69, 9.17) is 0 Å². The highest BCUT2D eigenvalue weighted by Gasteiger charge is 2.09. The van der Waals surface area contributed by atoms with Gasteiger partial charge in [-0.1, -0.05) is 36.4 Å². The number of amides is 1. The van der Waals surface area contributed by atoms with Crippen LogP contribution in [0.1, 0.15) is 28.2 Å². The average molecular weight is 394 g/mol. The van der Waals surface area contributed by atoms with Crippen molar-refractivity contribution in [1.82, 2.24) is 15.3 Å². The molecule has 0 fully saturated rings. The standard InChI is InChI=1S/C21H19N3OS2/c25-21(16-11-15-7-4-8-18(26)20(15)23-12-16)22-10-9-19-24-17(13-27-19)14-5-2-1-3-6-14/h1-3,5-7,11-13,26H,4,8-10H2,(H,22,25). The lowest BCUT2D eigenvalue weighted by Gasteiger charge is -2.07. The predicted molar refractivity (Wildman–Crippen MR) is 113 cm³/mol. The van der Waals surface area contributed by atoms with E-state index in [1.165, 1.54) is 0 Å². The summed E-state index contributed by atoms with van der Waals surface area (Å²) in [5.41, 5.74) is 2.67. The summed E-state index contributed by atoms with van der Waals surface area (Å²) < 4.78 is 0. The normalized spacial score (nSPS) is 13.0. The topological polar surface area (TPSA) is 54.9 Å². The minimum Gasteiger partial charge on any atom is -0.352 e. The molecule has 0 aliphatic heterocycles. The minimum absolute atomic E-state index is 0.107. The van der Waals surface area contributed by atoms with Gasteiger partial charge in [0.05, 0.1) is 21.6 Å². The number of benzene rings is 1. The summed E-state index contributed by atoms with van der Waals surface area (Å²) in [6, 6.07) is 12.0. The molecule has 4 nitrogen and oxygen atoms in total. The SMILES string of the molecule is O=C(NCCc1nc(-c2ccccc2)cs1)c1cnc2c(c1)=CCCC=2S. The molecular weight excluding hydrogens is 374 g/mol. The van der Waals surface area contributed by atoms with Gasteiger partial charge in [0.15, 0.2) is 0 Å². The van der Waals surface area contributed by atoms with Gasteiger partial charge in [-0.15, -0.1) is 24.0 Å². The van der Waals surface area contributed by atoms with Crippen LogP contribution in [0.5, 0.6) is 0 Å². The Kier molecular flexibility index (Phi) is 5.36. The molecule has 1 aliphatic rings. The quantitative estimate of drug-likeness (QED) is 0.656. The number of nitrogens with one attached hydrogen (secondary N) is 1. The van der Waals surface area contributed by atoms with Crippen LogP contribution in [-0.2, 0) is 6.42 Å². The molecule has 0 bridgehead atoms. The molecule has 1 aliphatic carbocycles. The number of nitrogens with zero attached hydrogens (tertiary/aromatic N) is 2. The fourth-order valence-corrected chi connectivity index (χ4v) is 4.16. The van der Waals surface area contributed by atoms with Crippen LogP contribution in [0.15, 0.2) is 48.0 Å². The first-order valence-electron chi connectivity index (χ1n) is 8.87. The molecule has 4 rings (SSSR count). The van der Waals surface area contributed by atoms with Gasteiger partial charge in [0, 0.05) is 35.0 Å². The average Bonchev–Trinajstić information content (AvgIpc) is 3.17. The molecule has 0 saturated carbocycles. The predicted octanol–water partition coefficient (Wildman–Crippen LogP) is 2.79. The first-order chi connectivity index (χ1) is 13.2. The first kappa shape index (κ1) is 17.9. The number of hydrogen-bond acceptors (Lipinski definition) is 5. The van der Waals surface area contributed by atoms with Gasteiger partial charge < -0.3 is 5.32 Å². The zero-order valence-corrected chi connectivity index (χ0v) is 16.4. The van der Waals surface area contributed by atoms with Gasteiger partial charge >= 0.3 is 0 Å². The van der Waals surface area contributed by atoms with Gasteiger partial charge in [0.1, 0.15) is 0 Å². The molecule has 0 unspecified atom stereocenters. The number of thiol groups is 1. The summed E-state index contributed by atoms with van der Waals surface area (Å²) in [6.45, 7) is 0.547. The van der Waals surface area contributed by atoms with Gasteiger partial charge in [-0.25, -0.2) is 4.98 Å². The fraction of sp³-hybridized carbons (Fsp3) is 0.190. The Hall–Kier alpha value is -2.44. The smallest absolute Gasteiger partial charge is 0.252 e. The van der Waals surface area contributed by atoms with E-state index < -0.39 is 0 Å². The summed E-state index contributed by atoms with van der Waals surface area (Å²) in [7, 11) is 0. The minimum atomic E-state index is -0.107. The van der Waals surface area contributed by atoms with Gasteiger partial charge in [0.2, 0.25) is 0 Å². The fourth-order valence-electron chi connectivity index (χ4n) is 3.04. The number of carbonyl (C=O) groups is 1. The maximum absolute atomic E-state index is 12.4. The highest BCUT2D eigenvalue weighted by atomic mass is 32.1. The molecule has 1 N–H and O–H groups in total. The van der Waals surface area contributed by atoms with E-state index in [0.29, 0.717) is 18.5 Å². The molecule has 1 amide bonds. The van der Waals surface area contributed by atoms with Crippen molar-refractivity contribution in [3.8, 4) is 11.3 Å². The second kappa shape index (κ2) is 8.06. The number of carbonyl (C=O) groups excluding carboxylic acids is 1. The van der Waals surface area contributed by atoms with Gasteiger partial charge in [0.25, 0.3) is 5.91 Å². The highest BCUT2D eigenvalue weighted by Crippen LogP contribution is 2.21. The highest BCUT2D eigenvalue weighted by molar-refractivity contribution is 7.90. The summed E-state index contributed by atoms with van der Waals surface area (Å²) in [5.74, 6) is -0.107. The van der Waals surface area contributed by atoms with E-state index in [0.717, 1.165) is 44.6 Å². The number of fused-ring (bicyclic) bond motifs is 1. The molecular formula is C21H19N3OS2. The molecule has 1 aromatic carbocycles. The van der Waals surface area contributed by atoms with Gasteiger partial charge in [-0.2, -0.15) is 0 Å². The van der Waals surface area contributed by atoms with Crippen LogP contribution in [0.2, 0.25) is 0 Å². The third-order valence-corrected chi connectivity index (χ3v) is 5.79. The van der Waals surface area contributed by atoms with Crippen LogP contribution < -0.4 is 15.9 Å². The van der Waals surface area contributed by atoms with E-state index in [1.54, 1.807) is 17.5 Å². The molecule has 0 radical (unpaired) electrons. The molecule has 6 heteroatoms. The van der Waals surface area contributed by atoms with E-state index in [2.05, 4.69) is 39.4 Å². The van der Waals surface area contributed by atoms with Gasteiger partial charge in [-0.3, -0.25) is 9.78 Å². The lowest BCUT2D eigenvalue weighted by Crippen LogP contribution is -2.34.